The fourth-order valence-electron chi connectivity index (χ4n) is 1.56. The maximum absolute atomic E-state index is 11.3. The third kappa shape index (κ3) is 0.836. The van der Waals surface area contributed by atoms with Crippen molar-refractivity contribution in [1.29, 1.82) is 0 Å². The Balaban J connectivity index is 2.41. The number of thioether (sulfide) groups is 1. The largest absolute Gasteiger partial charge is 0.320 e. The van der Waals surface area contributed by atoms with Gasteiger partial charge in [-0.15, -0.1) is 11.8 Å². The lowest BCUT2D eigenvalue weighted by molar-refractivity contribution is -0.125. The third-order valence-electron chi connectivity index (χ3n) is 2.42. The Morgan fingerprint density at radius 2 is 2.27 bits per heavy atom. The number of hydrogen-bond donors (Lipinski definition) is 1. The molecule has 0 unspecified atom stereocenters. The van der Waals surface area contributed by atoms with Crippen molar-refractivity contribution >= 4 is 17.7 Å². The van der Waals surface area contributed by atoms with Crippen LogP contribution in [0.15, 0.2) is 10.6 Å². The third-order valence-corrected chi connectivity index (χ3v) is 3.47. The van der Waals surface area contributed by atoms with Crippen molar-refractivity contribution in [2.45, 2.75) is 20.3 Å². The van der Waals surface area contributed by atoms with Gasteiger partial charge in [0.25, 0.3) is 0 Å². The fourth-order valence-corrected chi connectivity index (χ4v) is 2.77. The highest BCUT2D eigenvalue weighted by atomic mass is 32.2. The van der Waals surface area contributed by atoms with E-state index in [0.717, 1.165) is 17.2 Å². The molecule has 2 nitrogen and oxygen atoms in total. The average Bonchev–Trinajstić information content (AvgIpc) is 2.41. The van der Waals surface area contributed by atoms with Gasteiger partial charge in [0.15, 0.2) is 0 Å². The maximum atomic E-state index is 11.3. The van der Waals surface area contributed by atoms with E-state index in [4.69, 9.17) is 0 Å². The Morgan fingerprint density at radius 1 is 1.55 bits per heavy atom. The Morgan fingerprint density at radius 3 is 2.91 bits per heavy atom. The van der Waals surface area contributed by atoms with E-state index in [2.05, 4.69) is 5.32 Å². The summed E-state index contributed by atoms with van der Waals surface area (Å²) in [7, 11) is 0. The molecule has 60 valence electrons. The van der Waals surface area contributed by atoms with Crippen LogP contribution in [0.1, 0.15) is 20.3 Å². The zero-order valence-electron chi connectivity index (χ0n) is 6.73. The van der Waals surface area contributed by atoms with Gasteiger partial charge in [0, 0.05) is 5.75 Å². The van der Waals surface area contributed by atoms with Crippen LogP contribution in [-0.4, -0.2) is 11.7 Å². The first kappa shape index (κ1) is 7.22. The molecule has 11 heavy (non-hydrogen) atoms. The summed E-state index contributed by atoms with van der Waals surface area (Å²) in [6.45, 7) is 3.99. The van der Waals surface area contributed by atoms with Crippen LogP contribution in [0.2, 0.25) is 0 Å². The molecule has 1 N–H and O–H groups in total. The molecule has 2 heterocycles. The normalized spacial score (nSPS) is 27.3. The highest BCUT2D eigenvalue weighted by molar-refractivity contribution is 8.03. The Hall–Kier alpha value is -0.440. The van der Waals surface area contributed by atoms with Crippen LogP contribution in [0.25, 0.3) is 0 Å². The summed E-state index contributed by atoms with van der Waals surface area (Å²) < 4.78 is 0. The van der Waals surface area contributed by atoms with Crippen molar-refractivity contribution in [2.24, 2.45) is 5.41 Å². The van der Waals surface area contributed by atoms with Gasteiger partial charge in [0.1, 0.15) is 0 Å². The van der Waals surface area contributed by atoms with Gasteiger partial charge in [0.05, 0.1) is 10.4 Å². The van der Waals surface area contributed by atoms with E-state index in [9.17, 15) is 4.79 Å². The molecule has 3 heteroatoms. The first-order chi connectivity index (χ1) is 5.12. The smallest absolute Gasteiger partial charge is 0.234 e. The van der Waals surface area contributed by atoms with Crippen molar-refractivity contribution in [3.8, 4) is 0 Å². The topological polar surface area (TPSA) is 29.1 Å². The van der Waals surface area contributed by atoms with Gasteiger partial charge in [-0.25, -0.2) is 0 Å². The molecule has 0 spiro atoms. The summed E-state index contributed by atoms with van der Waals surface area (Å²) in [6.07, 6.45) is 1.08. The summed E-state index contributed by atoms with van der Waals surface area (Å²) in [5, 5.41) is 4.03. The second-order valence-electron chi connectivity index (χ2n) is 3.49. The molecular formula is C8H11NOS. The Bertz CT molecular complexity index is 255. The van der Waals surface area contributed by atoms with Gasteiger partial charge in [0.2, 0.25) is 5.91 Å². The van der Waals surface area contributed by atoms with E-state index < -0.39 is 0 Å². The minimum absolute atomic E-state index is 0.162. The zero-order chi connectivity index (χ0) is 8.06. The number of carbonyl (C=O) groups excluding carboxylic acids is 1. The van der Waals surface area contributed by atoms with Crippen molar-refractivity contribution < 1.29 is 4.79 Å². The quantitative estimate of drug-likeness (QED) is 0.595. The number of nitrogens with one attached hydrogen (secondary N) is 1. The molecule has 0 fully saturated rings. The van der Waals surface area contributed by atoms with E-state index in [1.165, 1.54) is 5.57 Å². The van der Waals surface area contributed by atoms with E-state index in [1.54, 1.807) is 11.8 Å². The average molecular weight is 169 g/mol. The summed E-state index contributed by atoms with van der Waals surface area (Å²) in [4.78, 5) is 11.3. The summed E-state index contributed by atoms with van der Waals surface area (Å²) in [6, 6.07) is 0. The van der Waals surface area contributed by atoms with Gasteiger partial charge < -0.3 is 5.32 Å². The van der Waals surface area contributed by atoms with Crippen LogP contribution in [0, 0.1) is 5.41 Å². The molecule has 0 radical (unpaired) electrons. The van der Waals surface area contributed by atoms with Crippen molar-refractivity contribution in [3.05, 3.63) is 10.6 Å². The van der Waals surface area contributed by atoms with E-state index in [1.807, 2.05) is 13.8 Å². The van der Waals surface area contributed by atoms with Crippen LogP contribution >= 0.6 is 11.8 Å². The zero-order valence-corrected chi connectivity index (χ0v) is 7.55. The van der Waals surface area contributed by atoms with Crippen molar-refractivity contribution in [1.82, 2.24) is 5.32 Å². The number of rotatable bonds is 0. The minimum atomic E-state index is -0.237. The predicted molar refractivity (Wildman–Crippen MR) is 46.0 cm³/mol. The second-order valence-corrected chi connectivity index (χ2v) is 4.59. The van der Waals surface area contributed by atoms with Gasteiger partial charge in [-0.05, 0) is 25.8 Å². The second kappa shape index (κ2) is 2.03. The Labute approximate surface area is 70.4 Å². The molecule has 0 saturated heterocycles. The van der Waals surface area contributed by atoms with Crippen LogP contribution in [0.5, 0.6) is 0 Å². The first-order valence-electron chi connectivity index (χ1n) is 3.80. The van der Waals surface area contributed by atoms with Gasteiger partial charge in [-0.3, -0.25) is 4.79 Å². The summed E-state index contributed by atoms with van der Waals surface area (Å²) >= 11 is 1.77. The number of amides is 1. The molecule has 2 rings (SSSR count). The maximum Gasteiger partial charge on any atom is 0.234 e. The van der Waals surface area contributed by atoms with Crippen molar-refractivity contribution in [2.75, 3.05) is 5.75 Å². The molecule has 0 aromatic heterocycles. The van der Waals surface area contributed by atoms with Gasteiger partial charge in [-0.2, -0.15) is 0 Å². The molecule has 0 bridgehead atoms. The lowest BCUT2D eigenvalue weighted by atomic mass is 9.85. The molecular weight excluding hydrogens is 158 g/mol. The predicted octanol–water partition coefficient (Wildman–Crippen LogP) is 1.49. The van der Waals surface area contributed by atoms with Crippen LogP contribution in [0.4, 0.5) is 0 Å². The monoisotopic (exact) mass is 169 g/mol. The molecule has 1 amide bonds. The van der Waals surface area contributed by atoms with Crippen LogP contribution in [0.3, 0.4) is 0 Å². The fraction of sp³-hybridized carbons (Fsp3) is 0.625. The van der Waals surface area contributed by atoms with Crippen molar-refractivity contribution in [3.63, 3.8) is 0 Å². The first-order valence-corrected chi connectivity index (χ1v) is 4.79. The van der Waals surface area contributed by atoms with E-state index in [-0.39, 0.29) is 11.3 Å². The van der Waals surface area contributed by atoms with E-state index in [0.29, 0.717) is 0 Å². The van der Waals surface area contributed by atoms with Crippen LogP contribution < -0.4 is 5.32 Å². The number of carbonyl (C=O) groups is 1. The summed E-state index contributed by atoms with van der Waals surface area (Å²) in [5.74, 6) is 1.30. The molecule has 0 aliphatic carbocycles. The molecule has 2 aliphatic rings. The summed E-state index contributed by atoms with van der Waals surface area (Å²) in [5.41, 5.74) is 1.08. The minimum Gasteiger partial charge on any atom is -0.320 e. The molecule has 0 aromatic carbocycles. The molecule has 0 aromatic rings. The Kier molecular flexibility index (Phi) is 1.34. The SMILES string of the molecule is CC1(C)C(=O)NC2=C1CCS2. The lowest BCUT2D eigenvalue weighted by Gasteiger charge is -2.17. The van der Waals surface area contributed by atoms with Crippen LogP contribution in [-0.2, 0) is 4.79 Å². The van der Waals surface area contributed by atoms with Gasteiger partial charge >= 0.3 is 0 Å². The molecule has 0 atom stereocenters. The number of hydrogen-bond acceptors (Lipinski definition) is 2. The van der Waals surface area contributed by atoms with Gasteiger partial charge in [-0.1, -0.05) is 0 Å². The van der Waals surface area contributed by atoms with E-state index >= 15 is 0 Å². The molecule has 0 saturated carbocycles. The highest BCUT2D eigenvalue weighted by Gasteiger charge is 2.42. The highest BCUT2D eigenvalue weighted by Crippen LogP contribution is 2.45. The molecule has 2 aliphatic heterocycles. The lowest BCUT2D eigenvalue weighted by Crippen LogP contribution is -2.29. The standard InChI is InChI=1S/C8H11NOS/c1-8(2)5-3-4-11-6(5)9-7(8)10/h3-4H2,1-2H3,(H,9,10).